The molecule has 0 amide bonds. The zero-order valence-electron chi connectivity index (χ0n) is 17.1. The smallest absolute Gasteiger partial charge is 0.202 e. The molecule has 7 heteroatoms. The monoisotopic (exact) mass is 450 g/mol. The first-order valence-corrected chi connectivity index (χ1v) is 10.7. The molecule has 0 saturated carbocycles. The van der Waals surface area contributed by atoms with Gasteiger partial charge in [-0.1, -0.05) is 35.9 Å². The standard InChI is InChI=1S/C25H20ClFN2O3/c26-20-14-22-19(23(25(31)28-22)24(30)17-3-1-2-4-21(17)27)13-18(20)15-5-7-16(8-6-15)29-9-11-32-12-10-29/h1-8,13-14,28,31H,9-12H2. The number of nitrogens with one attached hydrogen (secondary N) is 1. The van der Waals surface area contributed by atoms with Crippen LogP contribution >= 0.6 is 11.6 Å². The van der Waals surface area contributed by atoms with Crippen LogP contribution in [0.25, 0.3) is 22.0 Å². The van der Waals surface area contributed by atoms with Gasteiger partial charge in [-0.05, 0) is 42.0 Å². The van der Waals surface area contributed by atoms with Gasteiger partial charge in [0, 0.05) is 29.7 Å². The highest BCUT2D eigenvalue weighted by Crippen LogP contribution is 2.38. The number of hydrogen-bond donors (Lipinski definition) is 2. The fraction of sp³-hybridized carbons (Fsp3) is 0.160. The van der Waals surface area contributed by atoms with E-state index in [-0.39, 0.29) is 17.0 Å². The van der Waals surface area contributed by atoms with Crippen molar-refractivity contribution in [2.24, 2.45) is 0 Å². The highest BCUT2D eigenvalue weighted by molar-refractivity contribution is 6.34. The van der Waals surface area contributed by atoms with Crippen molar-refractivity contribution in [3.8, 4) is 17.0 Å². The minimum atomic E-state index is -0.640. The van der Waals surface area contributed by atoms with Crippen LogP contribution in [0.4, 0.5) is 10.1 Å². The van der Waals surface area contributed by atoms with Crippen LogP contribution in [0.2, 0.25) is 5.02 Å². The number of aromatic hydroxyl groups is 1. The first-order valence-electron chi connectivity index (χ1n) is 10.3. The summed E-state index contributed by atoms with van der Waals surface area (Å²) in [5.74, 6) is -1.55. The number of ether oxygens (including phenoxy) is 1. The molecule has 1 saturated heterocycles. The fourth-order valence-electron chi connectivity index (χ4n) is 4.11. The van der Waals surface area contributed by atoms with Crippen molar-refractivity contribution in [1.82, 2.24) is 4.98 Å². The lowest BCUT2D eigenvalue weighted by Gasteiger charge is -2.29. The topological polar surface area (TPSA) is 65.6 Å². The molecule has 0 radical (unpaired) electrons. The van der Waals surface area contributed by atoms with Crippen LogP contribution < -0.4 is 4.90 Å². The van der Waals surface area contributed by atoms with E-state index in [9.17, 15) is 14.3 Å². The lowest BCUT2D eigenvalue weighted by molar-refractivity contribution is 0.103. The van der Waals surface area contributed by atoms with Crippen LogP contribution in [-0.2, 0) is 4.74 Å². The largest absolute Gasteiger partial charge is 0.494 e. The molecule has 2 N–H and O–H groups in total. The summed E-state index contributed by atoms with van der Waals surface area (Å²) < 4.78 is 19.6. The molecule has 1 aliphatic rings. The Hall–Kier alpha value is -3.35. The maximum Gasteiger partial charge on any atom is 0.202 e. The van der Waals surface area contributed by atoms with E-state index in [0.29, 0.717) is 34.7 Å². The molecule has 1 aromatic heterocycles. The second-order valence-corrected chi connectivity index (χ2v) is 8.09. The van der Waals surface area contributed by atoms with E-state index in [1.54, 1.807) is 18.2 Å². The van der Waals surface area contributed by atoms with Gasteiger partial charge in [0.1, 0.15) is 5.82 Å². The molecule has 0 spiro atoms. The quantitative estimate of drug-likeness (QED) is 0.408. The molecule has 1 aliphatic heterocycles. The number of fused-ring (bicyclic) bond motifs is 1. The number of rotatable bonds is 4. The molecule has 5 rings (SSSR count). The van der Waals surface area contributed by atoms with Gasteiger partial charge in [-0.3, -0.25) is 4.79 Å². The molecule has 2 heterocycles. The Kier molecular flexibility index (Phi) is 5.33. The Morgan fingerprint density at radius 2 is 1.78 bits per heavy atom. The summed E-state index contributed by atoms with van der Waals surface area (Å²) in [7, 11) is 0. The molecule has 0 atom stereocenters. The summed E-state index contributed by atoms with van der Waals surface area (Å²) in [5.41, 5.74) is 3.11. The number of aromatic amines is 1. The first-order chi connectivity index (χ1) is 15.5. The first kappa shape index (κ1) is 20.5. The van der Waals surface area contributed by atoms with Crippen molar-refractivity contribution < 1.29 is 19.0 Å². The van der Waals surface area contributed by atoms with Crippen molar-refractivity contribution in [2.75, 3.05) is 31.2 Å². The van der Waals surface area contributed by atoms with E-state index in [1.807, 2.05) is 24.3 Å². The van der Waals surface area contributed by atoms with E-state index in [1.165, 1.54) is 18.2 Å². The van der Waals surface area contributed by atoms with Gasteiger partial charge in [0.25, 0.3) is 0 Å². The predicted octanol–water partition coefficient (Wildman–Crippen LogP) is 5.40. The highest BCUT2D eigenvalue weighted by atomic mass is 35.5. The zero-order chi connectivity index (χ0) is 22.2. The molecule has 1 fully saturated rings. The number of anilines is 1. The minimum absolute atomic E-state index is 0.0213. The third kappa shape index (κ3) is 3.61. The number of aromatic nitrogens is 1. The van der Waals surface area contributed by atoms with Crippen LogP contribution in [-0.4, -0.2) is 42.2 Å². The van der Waals surface area contributed by atoms with Gasteiger partial charge in [0.05, 0.1) is 34.9 Å². The molecule has 32 heavy (non-hydrogen) atoms. The lowest BCUT2D eigenvalue weighted by atomic mass is 9.98. The van der Waals surface area contributed by atoms with Crippen LogP contribution in [0.5, 0.6) is 5.88 Å². The Bertz CT molecular complexity index is 1310. The van der Waals surface area contributed by atoms with Gasteiger partial charge >= 0.3 is 0 Å². The third-order valence-corrected chi connectivity index (χ3v) is 6.08. The average Bonchev–Trinajstić information content (AvgIpc) is 3.13. The molecule has 3 aromatic carbocycles. The van der Waals surface area contributed by atoms with E-state index < -0.39 is 11.6 Å². The fourth-order valence-corrected chi connectivity index (χ4v) is 4.38. The molecule has 0 aliphatic carbocycles. The SMILES string of the molecule is O=C(c1ccccc1F)c1c(O)[nH]c2cc(Cl)c(-c3ccc(N4CCOCC4)cc3)cc12. The van der Waals surface area contributed by atoms with Gasteiger partial charge in [-0.15, -0.1) is 0 Å². The Balaban J connectivity index is 1.56. The summed E-state index contributed by atoms with van der Waals surface area (Å²) in [4.78, 5) is 18.1. The maximum absolute atomic E-state index is 14.2. The molecule has 162 valence electrons. The van der Waals surface area contributed by atoms with Crippen LogP contribution in [0.15, 0.2) is 60.7 Å². The normalized spacial score (nSPS) is 14.1. The van der Waals surface area contributed by atoms with Gasteiger partial charge < -0.3 is 19.7 Å². The van der Waals surface area contributed by atoms with Crippen molar-refractivity contribution in [2.45, 2.75) is 0 Å². The summed E-state index contributed by atoms with van der Waals surface area (Å²) in [6, 6.07) is 17.1. The number of morpholine rings is 1. The number of benzene rings is 3. The molecular formula is C25H20ClFN2O3. The predicted molar refractivity (Wildman–Crippen MR) is 123 cm³/mol. The van der Waals surface area contributed by atoms with Gasteiger partial charge in [-0.25, -0.2) is 4.39 Å². The zero-order valence-corrected chi connectivity index (χ0v) is 17.8. The van der Waals surface area contributed by atoms with E-state index >= 15 is 0 Å². The number of nitrogens with zero attached hydrogens (tertiary/aromatic N) is 1. The molecule has 4 aromatic rings. The molecule has 0 unspecified atom stereocenters. The number of H-pyrrole nitrogens is 1. The van der Waals surface area contributed by atoms with Gasteiger partial charge in [0.2, 0.25) is 11.7 Å². The van der Waals surface area contributed by atoms with E-state index in [2.05, 4.69) is 9.88 Å². The van der Waals surface area contributed by atoms with E-state index in [4.69, 9.17) is 16.3 Å². The molecule has 0 bridgehead atoms. The minimum Gasteiger partial charge on any atom is -0.494 e. The Morgan fingerprint density at radius 3 is 2.50 bits per heavy atom. The summed E-state index contributed by atoms with van der Waals surface area (Å²) in [5, 5.41) is 11.4. The average molecular weight is 451 g/mol. The second kappa shape index (κ2) is 8.30. The number of carbonyl (C=O) groups is 1. The molecular weight excluding hydrogens is 431 g/mol. The van der Waals surface area contributed by atoms with Crippen LogP contribution in [0.1, 0.15) is 15.9 Å². The highest BCUT2D eigenvalue weighted by Gasteiger charge is 2.23. The van der Waals surface area contributed by atoms with Crippen molar-refractivity contribution >= 4 is 34.0 Å². The summed E-state index contributed by atoms with van der Waals surface area (Å²) >= 11 is 6.54. The van der Waals surface area contributed by atoms with Crippen molar-refractivity contribution in [3.05, 3.63) is 82.6 Å². The molecule has 5 nitrogen and oxygen atoms in total. The summed E-state index contributed by atoms with van der Waals surface area (Å²) in [6.45, 7) is 3.10. The number of carbonyl (C=O) groups excluding carboxylic acids is 1. The van der Waals surface area contributed by atoms with Crippen molar-refractivity contribution in [3.63, 3.8) is 0 Å². The van der Waals surface area contributed by atoms with Crippen LogP contribution in [0.3, 0.4) is 0 Å². The number of hydrogen-bond acceptors (Lipinski definition) is 4. The van der Waals surface area contributed by atoms with Gasteiger partial charge in [0.15, 0.2) is 0 Å². The lowest BCUT2D eigenvalue weighted by Crippen LogP contribution is -2.36. The number of halogens is 2. The second-order valence-electron chi connectivity index (χ2n) is 7.68. The summed E-state index contributed by atoms with van der Waals surface area (Å²) in [6.07, 6.45) is 0. The Morgan fingerprint density at radius 1 is 1.06 bits per heavy atom. The van der Waals surface area contributed by atoms with E-state index in [0.717, 1.165) is 24.3 Å². The third-order valence-electron chi connectivity index (χ3n) is 5.77. The maximum atomic E-state index is 14.2. The number of ketones is 1. The van der Waals surface area contributed by atoms with Crippen molar-refractivity contribution in [1.29, 1.82) is 0 Å². The van der Waals surface area contributed by atoms with Gasteiger partial charge in [-0.2, -0.15) is 0 Å². The van der Waals surface area contributed by atoms with Crippen LogP contribution in [0, 0.1) is 5.82 Å². The Labute approximate surface area is 189 Å².